The molecule has 0 aliphatic heterocycles. The first-order valence-electron chi connectivity index (χ1n) is 6.47. The smallest absolute Gasteiger partial charge is 0.157 e. The monoisotopic (exact) mass is 287 g/mol. The fraction of sp³-hybridized carbons (Fsp3) is 0.188. The molecular formula is C16H14FNO3. The molecule has 0 amide bonds. The van der Waals surface area contributed by atoms with Crippen LogP contribution in [0.3, 0.4) is 0 Å². The number of pyridine rings is 1. The van der Waals surface area contributed by atoms with E-state index in [4.69, 9.17) is 9.15 Å². The summed E-state index contributed by atoms with van der Waals surface area (Å²) in [4.78, 5) is 4.15. The summed E-state index contributed by atoms with van der Waals surface area (Å²) in [5.41, 5.74) is 1.57. The third kappa shape index (κ3) is 2.25. The number of aliphatic hydroxyl groups excluding tert-OH is 1. The third-order valence-electron chi connectivity index (χ3n) is 3.46. The van der Waals surface area contributed by atoms with Crippen LogP contribution in [0.5, 0.6) is 5.75 Å². The molecule has 0 radical (unpaired) electrons. The molecule has 0 saturated heterocycles. The van der Waals surface area contributed by atoms with E-state index in [0.29, 0.717) is 33.7 Å². The van der Waals surface area contributed by atoms with E-state index in [1.165, 1.54) is 19.2 Å². The molecule has 1 aromatic carbocycles. The number of halogens is 1. The van der Waals surface area contributed by atoms with Gasteiger partial charge in [0.15, 0.2) is 6.10 Å². The van der Waals surface area contributed by atoms with Crippen LogP contribution in [0, 0.1) is 12.7 Å². The molecule has 0 aliphatic carbocycles. The number of ether oxygens (including phenoxy) is 1. The highest BCUT2D eigenvalue weighted by Gasteiger charge is 2.24. The Labute approximate surface area is 120 Å². The molecule has 1 N–H and O–H groups in total. The van der Waals surface area contributed by atoms with Crippen LogP contribution in [0.1, 0.15) is 23.1 Å². The van der Waals surface area contributed by atoms with Gasteiger partial charge in [-0.1, -0.05) is 0 Å². The van der Waals surface area contributed by atoms with Crippen LogP contribution >= 0.6 is 0 Å². The number of benzene rings is 1. The molecule has 1 atom stereocenters. The maximum atomic E-state index is 13.3. The molecular weight excluding hydrogens is 273 g/mol. The molecule has 1 unspecified atom stereocenters. The van der Waals surface area contributed by atoms with Crippen molar-refractivity contribution in [3.8, 4) is 5.75 Å². The maximum absolute atomic E-state index is 13.3. The molecule has 2 heterocycles. The van der Waals surface area contributed by atoms with Crippen LogP contribution < -0.4 is 4.74 Å². The van der Waals surface area contributed by atoms with E-state index in [1.54, 1.807) is 31.3 Å². The van der Waals surface area contributed by atoms with Crippen molar-refractivity contribution in [1.82, 2.24) is 4.98 Å². The summed E-state index contributed by atoms with van der Waals surface area (Å²) in [6.45, 7) is 1.78. The molecule has 3 aromatic rings. The lowest BCUT2D eigenvalue weighted by atomic mass is 10.1. The quantitative estimate of drug-likeness (QED) is 0.802. The Morgan fingerprint density at radius 3 is 2.90 bits per heavy atom. The summed E-state index contributed by atoms with van der Waals surface area (Å²) in [7, 11) is 1.51. The molecule has 2 aromatic heterocycles. The van der Waals surface area contributed by atoms with Crippen molar-refractivity contribution in [2.75, 3.05) is 7.11 Å². The van der Waals surface area contributed by atoms with Crippen molar-refractivity contribution in [3.63, 3.8) is 0 Å². The molecule has 0 aliphatic rings. The van der Waals surface area contributed by atoms with Gasteiger partial charge < -0.3 is 14.3 Å². The van der Waals surface area contributed by atoms with Gasteiger partial charge >= 0.3 is 0 Å². The van der Waals surface area contributed by atoms with Crippen LogP contribution in [0.4, 0.5) is 4.39 Å². The van der Waals surface area contributed by atoms with E-state index in [2.05, 4.69) is 4.98 Å². The minimum Gasteiger partial charge on any atom is -0.495 e. The topological polar surface area (TPSA) is 55.5 Å². The van der Waals surface area contributed by atoms with Gasteiger partial charge in [-0.05, 0) is 37.3 Å². The van der Waals surface area contributed by atoms with Crippen LogP contribution in [0.25, 0.3) is 11.0 Å². The van der Waals surface area contributed by atoms with E-state index in [9.17, 15) is 9.50 Å². The van der Waals surface area contributed by atoms with Gasteiger partial charge in [0.2, 0.25) is 0 Å². The molecule has 0 fully saturated rings. The molecule has 5 heteroatoms. The van der Waals surface area contributed by atoms with Crippen LogP contribution in [0.2, 0.25) is 0 Å². The molecule has 0 spiro atoms. The van der Waals surface area contributed by atoms with Crippen molar-refractivity contribution < 1.29 is 18.7 Å². The summed E-state index contributed by atoms with van der Waals surface area (Å²) in [6, 6.07) is 7.69. The number of aliphatic hydroxyl groups is 1. The van der Waals surface area contributed by atoms with Crippen molar-refractivity contribution in [2.45, 2.75) is 13.0 Å². The highest BCUT2D eigenvalue weighted by Crippen LogP contribution is 2.35. The van der Waals surface area contributed by atoms with Crippen molar-refractivity contribution >= 4 is 11.0 Å². The SMILES string of the molecule is COc1cccnc1C(O)c1oc2ccc(F)cc2c1C. The predicted molar refractivity (Wildman–Crippen MR) is 75.8 cm³/mol. The number of fused-ring (bicyclic) bond motifs is 1. The number of hydrogen-bond donors (Lipinski definition) is 1. The third-order valence-corrected chi connectivity index (χ3v) is 3.46. The normalized spacial score (nSPS) is 12.6. The average molecular weight is 287 g/mol. The summed E-state index contributed by atoms with van der Waals surface area (Å²) in [5.74, 6) is 0.464. The van der Waals surface area contributed by atoms with Crippen molar-refractivity contribution in [2.24, 2.45) is 0 Å². The molecule has 108 valence electrons. The Morgan fingerprint density at radius 2 is 2.14 bits per heavy atom. The number of aromatic nitrogens is 1. The Morgan fingerprint density at radius 1 is 1.33 bits per heavy atom. The number of methoxy groups -OCH3 is 1. The van der Waals surface area contributed by atoms with Gasteiger partial charge in [0.25, 0.3) is 0 Å². The molecule has 3 rings (SSSR count). The largest absolute Gasteiger partial charge is 0.495 e. The fourth-order valence-electron chi connectivity index (χ4n) is 2.38. The minimum atomic E-state index is -1.07. The molecule has 0 saturated carbocycles. The lowest BCUT2D eigenvalue weighted by Gasteiger charge is -2.12. The lowest BCUT2D eigenvalue weighted by molar-refractivity contribution is 0.182. The number of nitrogens with zero attached hydrogens (tertiary/aromatic N) is 1. The predicted octanol–water partition coefficient (Wildman–Crippen LogP) is 3.37. The van der Waals surface area contributed by atoms with Gasteiger partial charge in [-0.2, -0.15) is 0 Å². The number of hydrogen-bond acceptors (Lipinski definition) is 4. The average Bonchev–Trinajstić information content (AvgIpc) is 2.83. The van der Waals surface area contributed by atoms with Gasteiger partial charge in [-0.25, -0.2) is 4.39 Å². The number of aryl methyl sites for hydroxylation is 1. The zero-order valence-corrected chi connectivity index (χ0v) is 11.6. The first-order valence-corrected chi connectivity index (χ1v) is 6.47. The summed E-state index contributed by atoms with van der Waals surface area (Å²) in [5, 5.41) is 11.2. The fourth-order valence-corrected chi connectivity index (χ4v) is 2.38. The van der Waals surface area contributed by atoms with Crippen LogP contribution in [-0.4, -0.2) is 17.2 Å². The second kappa shape index (κ2) is 5.18. The second-order valence-corrected chi connectivity index (χ2v) is 4.73. The van der Waals surface area contributed by atoms with Gasteiger partial charge in [-0.3, -0.25) is 4.98 Å². The molecule has 0 bridgehead atoms. The zero-order chi connectivity index (χ0) is 15.0. The van der Waals surface area contributed by atoms with Crippen molar-refractivity contribution in [3.05, 3.63) is 59.4 Å². The van der Waals surface area contributed by atoms with Crippen LogP contribution in [0.15, 0.2) is 40.9 Å². The number of furan rings is 1. The first-order chi connectivity index (χ1) is 10.1. The van der Waals surface area contributed by atoms with E-state index in [0.717, 1.165) is 0 Å². The number of rotatable bonds is 3. The van der Waals surface area contributed by atoms with Crippen LogP contribution in [-0.2, 0) is 0 Å². The molecule has 21 heavy (non-hydrogen) atoms. The van der Waals surface area contributed by atoms with Gasteiger partial charge in [0.05, 0.1) is 7.11 Å². The molecule has 4 nitrogen and oxygen atoms in total. The highest BCUT2D eigenvalue weighted by atomic mass is 19.1. The van der Waals surface area contributed by atoms with E-state index < -0.39 is 6.10 Å². The Hall–Kier alpha value is -2.40. The van der Waals surface area contributed by atoms with Gasteiger partial charge in [0.1, 0.15) is 28.6 Å². The van der Waals surface area contributed by atoms with E-state index in [-0.39, 0.29) is 5.82 Å². The lowest BCUT2D eigenvalue weighted by Crippen LogP contribution is -2.05. The standard InChI is InChI=1S/C16H14FNO3/c1-9-11-8-10(17)5-6-12(11)21-16(9)15(19)14-13(20-2)4-3-7-18-14/h3-8,15,19H,1-2H3. The zero-order valence-electron chi connectivity index (χ0n) is 11.6. The Balaban J connectivity index is 2.13. The summed E-state index contributed by atoms with van der Waals surface area (Å²) in [6.07, 6.45) is 0.496. The van der Waals surface area contributed by atoms with Gasteiger partial charge in [0, 0.05) is 17.1 Å². The van der Waals surface area contributed by atoms with E-state index >= 15 is 0 Å². The van der Waals surface area contributed by atoms with Crippen molar-refractivity contribution in [1.29, 1.82) is 0 Å². The van der Waals surface area contributed by atoms with E-state index in [1.807, 2.05) is 0 Å². The highest BCUT2D eigenvalue weighted by molar-refractivity contribution is 5.82. The Bertz CT molecular complexity index is 797. The van der Waals surface area contributed by atoms with Gasteiger partial charge in [-0.15, -0.1) is 0 Å². The summed E-state index contributed by atoms with van der Waals surface area (Å²) >= 11 is 0. The summed E-state index contributed by atoms with van der Waals surface area (Å²) < 4.78 is 24.2. The Kier molecular flexibility index (Phi) is 3.35. The minimum absolute atomic E-state index is 0.340. The first kappa shape index (κ1) is 13.6. The second-order valence-electron chi connectivity index (χ2n) is 4.73. The maximum Gasteiger partial charge on any atom is 0.157 e.